The lowest BCUT2D eigenvalue weighted by Gasteiger charge is -2.13. The topological polar surface area (TPSA) is 62.5 Å². The van der Waals surface area contributed by atoms with E-state index in [0.717, 1.165) is 5.56 Å². The van der Waals surface area contributed by atoms with Crippen LogP contribution >= 0.6 is 0 Å². The molecule has 0 spiro atoms. The van der Waals surface area contributed by atoms with E-state index in [1.165, 1.54) is 7.11 Å². The summed E-state index contributed by atoms with van der Waals surface area (Å²) in [5.41, 5.74) is 1.25. The molecule has 20 heavy (non-hydrogen) atoms. The van der Waals surface area contributed by atoms with Crippen LogP contribution in [0.5, 0.6) is 11.5 Å². The van der Waals surface area contributed by atoms with Gasteiger partial charge in [-0.05, 0) is 17.7 Å². The Morgan fingerprint density at radius 2 is 1.95 bits per heavy atom. The highest BCUT2D eigenvalue weighted by Crippen LogP contribution is 2.25. The molecule has 0 saturated heterocycles. The van der Waals surface area contributed by atoms with E-state index >= 15 is 0 Å². The quantitative estimate of drug-likeness (QED) is 0.906. The van der Waals surface area contributed by atoms with Crippen LogP contribution in [0.2, 0.25) is 0 Å². The SMILES string of the molecule is COc1cc(OCC(O)c2ccccc2)ccc1C#N. The number of hydrogen-bond donors (Lipinski definition) is 1. The Bertz CT molecular complexity index is 605. The standard InChI is InChI=1S/C16H15NO3/c1-19-16-9-14(8-7-13(16)10-17)20-11-15(18)12-5-3-2-4-6-12/h2-9,15,18H,11H2,1H3. The van der Waals surface area contributed by atoms with E-state index in [0.29, 0.717) is 17.1 Å². The number of ether oxygens (including phenoxy) is 2. The molecule has 0 aliphatic carbocycles. The van der Waals surface area contributed by atoms with Gasteiger partial charge in [0.05, 0.1) is 12.7 Å². The van der Waals surface area contributed by atoms with Crippen molar-refractivity contribution in [2.75, 3.05) is 13.7 Å². The first-order valence-electron chi connectivity index (χ1n) is 6.18. The first kappa shape index (κ1) is 13.9. The number of aliphatic hydroxyl groups excluding tert-OH is 1. The Morgan fingerprint density at radius 3 is 2.60 bits per heavy atom. The molecule has 2 aromatic rings. The maximum Gasteiger partial charge on any atom is 0.140 e. The van der Waals surface area contributed by atoms with E-state index in [9.17, 15) is 5.11 Å². The van der Waals surface area contributed by atoms with Crippen molar-refractivity contribution in [1.82, 2.24) is 0 Å². The molecule has 4 heteroatoms. The second kappa shape index (κ2) is 6.60. The van der Waals surface area contributed by atoms with E-state index in [1.807, 2.05) is 36.4 Å². The van der Waals surface area contributed by atoms with Crippen LogP contribution in [0, 0.1) is 11.3 Å². The summed E-state index contributed by atoms with van der Waals surface area (Å²) < 4.78 is 10.6. The maximum absolute atomic E-state index is 10.0. The molecule has 4 nitrogen and oxygen atoms in total. The molecule has 102 valence electrons. The van der Waals surface area contributed by atoms with Crippen molar-refractivity contribution in [2.24, 2.45) is 0 Å². The summed E-state index contributed by atoms with van der Waals surface area (Å²) in [5.74, 6) is 1.01. The van der Waals surface area contributed by atoms with Crippen molar-refractivity contribution in [3.8, 4) is 17.6 Å². The van der Waals surface area contributed by atoms with Gasteiger partial charge in [0.25, 0.3) is 0 Å². The monoisotopic (exact) mass is 269 g/mol. The second-order valence-corrected chi connectivity index (χ2v) is 4.21. The Labute approximate surface area is 117 Å². The minimum atomic E-state index is -0.696. The van der Waals surface area contributed by atoms with Crippen LogP contribution in [0.4, 0.5) is 0 Å². The summed E-state index contributed by atoms with van der Waals surface area (Å²) in [6.07, 6.45) is -0.696. The summed E-state index contributed by atoms with van der Waals surface area (Å²) in [4.78, 5) is 0. The minimum absolute atomic E-state index is 0.138. The summed E-state index contributed by atoms with van der Waals surface area (Å²) in [5, 5.41) is 18.9. The molecule has 0 fully saturated rings. The Hall–Kier alpha value is -2.51. The Balaban J connectivity index is 2.03. The summed E-state index contributed by atoms with van der Waals surface area (Å²) in [6.45, 7) is 0.138. The van der Waals surface area contributed by atoms with Gasteiger partial charge in [0.2, 0.25) is 0 Å². The normalized spacial score (nSPS) is 11.4. The Morgan fingerprint density at radius 1 is 1.20 bits per heavy atom. The van der Waals surface area contributed by atoms with Gasteiger partial charge >= 0.3 is 0 Å². The predicted molar refractivity (Wildman–Crippen MR) is 74.6 cm³/mol. The number of nitrogens with zero attached hydrogens (tertiary/aromatic N) is 1. The number of benzene rings is 2. The zero-order valence-corrected chi connectivity index (χ0v) is 11.1. The lowest BCUT2D eigenvalue weighted by atomic mass is 10.1. The van der Waals surface area contributed by atoms with Crippen LogP contribution in [0.1, 0.15) is 17.2 Å². The molecular weight excluding hydrogens is 254 g/mol. The average molecular weight is 269 g/mol. The first-order chi connectivity index (χ1) is 9.74. The molecule has 0 radical (unpaired) electrons. The largest absolute Gasteiger partial charge is 0.495 e. The van der Waals surface area contributed by atoms with Gasteiger partial charge in [0.15, 0.2) is 0 Å². The van der Waals surface area contributed by atoms with Gasteiger partial charge in [-0.15, -0.1) is 0 Å². The third-order valence-electron chi connectivity index (χ3n) is 2.89. The van der Waals surface area contributed by atoms with Gasteiger partial charge in [-0.1, -0.05) is 30.3 Å². The van der Waals surface area contributed by atoms with E-state index in [2.05, 4.69) is 0 Å². The minimum Gasteiger partial charge on any atom is -0.495 e. The van der Waals surface area contributed by atoms with Crippen LogP contribution in [0.15, 0.2) is 48.5 Å². The second-order valence-electron chi connectivity index (χ2n) is 4.21. The molecular formula is C16H15NO3. The van der Waals surface area contributed by atoms with Crippen molar-refractivity contribution < 1.29 is 14.6 Å². The molecule has 2 aromatic carbocycles. The van der Waals surface area contributed by atoms with Crippen molar-refractivity contribution in [3.63, 3.8) is 0 Å². The average Bonchev–Trinajstić information content (AvgIpc) is 2.53. The molecule has 1 atom stereocenters. The molecule has 0 bridgehead atoms. The molecule has 0 amide bonds. The molecule has 1 unspecified atom stereocenters. The van der Waals surface area contributed by atoms with Gasteiger partial charge in [-0.3, -0.25) is 0 Å². The molecule has 0 aliphatic heterocycles. The predicted octanol–water partition coefficient (Wildman–Crippen LogP) is 2.68. The van der Waals surface area contributed by atoms with Gasteiger partial charge in [0.1, 0.15) is 30.3 Å². The number of methoxy groups -OCH3 is 1. The van der Waals surface area contributed by atoms with Gasteiger partial charge in [0, 0.05) is 6.07 Å². The van der Waals surface area contributed by atoms with Crippen molar-refractivity contribution >= 4 is 0 Å². The van der Waals surface area contributed by atoms with E-state index < -0.39 is 6.10 Å². The number of rotatable bonds is 5. The van der Waals surface area contributed by atoms with E-state index in [1.54, 1.807) is 18.2 Å². The number of nitriles is 1. The van der Waals surface area contributed by atoms with E-state index in [-0.39, 0.29) is 6.61 Å². The molecule has 1 N–H and O–H groups in total. The first-order valence-corrected chi connectivity index (χ1v) is 6.18. The molecule has 0 aliphatic rings. The number of aliphatic hydroxyl groups is 1. The van der Waals surface area contributed by atoms with Crippen LogP contribution in [-0.4, -0.2) is 18.8 Å². The molecule has 0 saturated carbocycles. The maximum atomic E-state index is 10.0. The van der Waals surface area contributed by atoms with Crippen molar-refractivity contribution in [3.05, 3.63) is 59.7 Å². The fraction of sp³-hybridized carbons (Fsp3) is 0.188. The molecule has 0 heterocycles. The smallest absolute Gasteiger partial charge is 0.140 e. The zero-order valence-electron chi connectivity index (χ0n) is 11.1. The third kappa shape index (κ3) is 3.28. The highest BCUT2D eigenvalue weighted by Gasteiger charge is 2.09. The zero-order chi connectivity index (χ0) is 14.4. The molecule has 2 rings (SSSR count). The van der Waals surface area contributed by atoms with Crippen LogP contribution in [-0.2, 0) is 0 Å². The molecule has 0 aromatic heterocycles. The van der Waals surface area contributed by atoms with Gasteiger partial charge < -0.3 is 14.6 Å². The lowest BCUT2D eigenvalue weighted by Crippen LogP contribution is -2.09. The Kier molecular flexibility index (Phi) is 4.59. The highest BCUT2D eigenvalue weighted by atomic mass is 16.5. The third-order valence-corrected chi connectivity index (χ3v) is 2.89. The highest BCUT2D eigenvalue weighted by molar-refractivity contribution is 5.47. The van der Waals surface area contributed by atoms with Crippen molar-refractivity contribution in [1.29, 1.82) is 5.26 Å². The van der Waals surface area contributed by atoms with Crippen LogP contribution in [0.25, 0.3) is 0 Å². The fourth-order valence-electron chi connectivity index (χ4n) is 1.80. The van der Waals surface area contributed by atoms with E-state index in [4.69, 9.17) is 14.7 Å². The van der Waals surface area contributed by atoms with Crippen LogP contribution < -0.4 is 9.47 Å². The summed E-state index contributed by atoms with van der Waals surface area (Å²) in [7, 11) is 1.50. The lowest BCUT2D eigenvalue weighted by molar-refractivity contribution is 0.108. The van der Waals surface area contributed by atoms with Crippen LogP contribution in [0.3, 0.4) is 0 Å². The van der Waals surface area contributed by atoms with Gasteiger partial charge in [-0.25, -0.2) is 0 Å². The summed E-state index contributed by atoms with van der Waals surface area (Å²) >= 11 is 0. The number of hydrogen-bond acceptors (Lipinski definition) is 4. The van der Waals surface area contributed by atoms with Crippen molar-refractivity contribution in [2.45, 2.75) is 6.10 Å². The van der Waals surface area contributed by atoms with Gasteiger partial charge in [-0.2, -0.15) is 5.26 Å². The summed E-state index contributed by atoms with van der Waals surface area (Å²) in [6, 6.07) is 16.3. The fourth-order valence-corrected chi connectivity index (χ4v) is 1.80.